The van der Waals surface area contributed by atoms with E-state index in [1.807, 2.05) is 12.1 Å². The predicted octanol–water partition coefficient (Wildman–Crippen LogP) is 1.16. The zero-order valence-corrected chi connectivity index (χ0v) is 11.6. The quantitative estimate of drug-likeness (QED) is 0.876. The first-order chi connectivity index (χ1) is 9.52. The van der Waals surface area contributed by atoms with Crippen LogP contribution in [0.2, 0.25) is 5.02 Å². The Balaban J connectivity index is 1.67. The average Bonchev–Trinajstić information content (AvgIpc) is 2.92. The molecule has 1 aromatic carbocycles. The summed E-state index contributed by atoms with van der Waals surface area (Å²) in [4.78, 5) is 13.0. The maximum Gasteiger partial charge on any atom is 0.321 e. The molecule has 2 aliphatic rings. The first-order valence-electron chi connectivity index (χ1n) is 6.63. The summed E-state index contributed by atoms with van der Waals surface area (Å²) < 4.78 is 5.81. The van der Waals surface area contributed by atoms with Crippen LogP contribution in [0.1, 0.15) is 12.0 Å². The first-order valence-corrected chi connectivity index (χ1v) is 7.00. The Kier molecular flexibility index (Phi) is 3.58. The molecule has 3 unspecified atom stereocenters. The number of hydrogen-bond acceptors (Lipinski definition) is 4. The summed E-state index contributed by atoms with van der Waals surface area (Å²) in [5.74, 6) is -0.0777. The second-order valence-corrected chi connectivity index (χ2v) is 5.83. The lowest BCUT2D eigenvalue weighted by Gasteiger charge is -2.23. The number of likely N-dealkylation sites (tertiary alicyclic amines) is 1. The highest BCUT2D eigenvalue weighted by Crippen LogP contribution is 2.32. The number of carboxylic acid groups (broad SMARTS) is 1. The number of aliphatic carboxylic acids is 1. The van der Waals surface area contributed by atoms with Gasteiger partial charge in [0.1, 0.15) is 17.9 Å². The molecule has 3 rings (SSSR count). The minimum Gasteiger partial charge on any atom is -0.488 e. The van der Waals surface area contributed by atoms with Crippen molar-refractivity contribution in [2.24, 2.45) is 0 Å². The third-order valence-corrected chi connectivity index (χ3v) is 4.10. The van der Waals surface area contributed by atoms with Gasteiger partial charge in [-0.15, -0.1) is 0 Å². The summed E-state index contributed by atoms with van der Waals surface area (Å²) in [5.41, 5.74) is 1.05. The Bertz CT molecular complexity index is 536. The molecule has 3 atom stereocenters. The molecule has 0 spiro atoms. The molecule has 1 fully saturated rings. The van der Waals surface area contributed by atoms with E-state index in [-0.39, 0.29) is 12.5 Å². The van der Waals surface area contributed by atoms with Crippen molar-refractivity contribution in [1.29, 1.82) is 0 Å². The van der Waals surface area contributed by atoms with E-state index in [0.717, 1.165) is 17.7 Å². The topological polar surface area (TPSA) is 70.0 Å². The van der Waals surface area contributed by atoms with E-state index in [4.69, 9.17) is 16.3 Å². The second-order valence-electron chi connectivity index (χ2n) is 5.39. The molecule has 0 radical (unpaired) electrons. The van der Waals surface area contributed by atoms with Crippen molar-refractivity contribution in [2.45, 2.75) is 31.1 Å². The molecule has 108 valence electrons. The van der Waals surface area contributed by atoms with E-state index in [9.17, 15) is 15.0 Å². The number of halogens is 1. The largest absolute Gasteiger partial charge is 0.488 e. The Morgan fingerprint density at radius 1 is 1.50 bits per heavy atom. The van der Waals surface area contributed by atoms with E-state index in [2.05, 4.69) is 0 Å². The molecule has 2 heterocycles. The lowest BCUT2D eigenvalue weighted by Crippen LogP contribution is -2.42. The Morgan fingerprint density at radius 3 is 3.05 bits per heavy atom. The van der Waals surface area contributed by atoms with Crippen LogP contribution in [0.3, 0.4) is 0 Å². The third kappa shape index (κ3) is 2.61. The standard InChI is InChI=1S/C14H16ClNO4/c15-9-1-2-13-8(3-9)4-11(20-13)7-16-6-10(17)5-12(16)14(18)19/h1-3,10-12,17H,4-7H2,(H,18,19). The summed E-state index contributed by atoms with van der Waals surface area (Å²) >= 11 is 5.95. The molecule has 20 heavy (non-hydrogen) atoms. The van der Waals surface area contributed by atoms with Crippen molar-refractivity contribution < 1.29 is 19.7 Å². The maximum absolute atomic E-state index is 11.2. The molecule has 0 saturated carbocycles. The van der Waals surface area contributed by atoms with Crippen molar-refractivity contribution in [1.82, 2.24) is 4.90 Å². The van der Waals surface area contributed by atoms with Crippen molar-refractivity contribution in [3.8, 4) is 5.75 Å². The van der Waals surface area contributed by atoms with Crippen LogP contribution in [0.25, 0.3) is 0 Å². The minimum atomic E-state index is -0.889. The molecular formula is C14H16ClNO4. The van der Waals surface area contributed by atoms with Gasteiger partial charge < -0.3 is 14.9 Å². The number of carbonyl (C=O) groups is 1. The third-order valence-electron chi connectivity index (χ3n) is 3.87. The molecule has 0 aromatic heterocycles. The Morgan fingerprint density at radius 2 is 2.30 bits per heavy atom. The van der Waals surface area contributed by atoms with Gasteiger partial charge in [0.15, 0.2) is 0 Å². The normalized spacial score (nSPS) is 29.2. The molecule has 0 aliphatic carbocycles. The number of β-amino-alcohol motifs (C(OH)–C–C–N with tert-alkyl or cyclic N) is 1. The summed E-state index contributed by atoms with van der Waals surface area (Å²) in [6.07, 6.45) is 0.334. The highest BCUT2D eigenvalue weighted by Gasteiger charge is 2.38. The van der Waals surface area contributed by atoms with Crippen molar-refractivity contribution in [3.63, 3.8) is 0 Å². The number of hydrogen-bond donors (Lipinski definition) is 2. The second kappa shape index (κ2) is 5.24. The number of aliphatic hydroxyl groups excluding tert-OH is 1. The van der Waals surface area contributed by atoms with E-state index in [0.29, 0.717) is 18.1 Å². The highest BCUT2D eigenvalue weighted by atomic mass is 35.5. The number of benzene rings is 1. The van der Waals surface area contributed by atoms with Crippen LogP contribution in [0.15, 0.2) is 18.2 Å². The van der Waals surface area contributed by atoms with Crippen LogP contribution in [0.5, 0.6) is 5.75 Å². The summed E-state index contributed by atoms with van der Waals surface area (Å²) in [5, 5.41) is 19.5. The van der Waals surface area contributed by atoms with Crippen molar-refractivity contribution in [3.05, 3.63) is 28.8 Å². The molecule has 0 bridgehead atoms. The molecule has 1 aromatic rings. The molecule has 2 N–H and O–H groups in total. The fourth-order valence-corrected chi connectivity index (χ4v) is 3.19. The lowest BCUT2D eigenvalue weighted by atomic mass is 10.1. The van der Waals surface area contributed by atoms with Gasteiger partial charge in [-0.1, -0.05) is 11.6 Å². The Labute approximate surface area is 121 Å². The van der Waals surface area contributed by atoms with Gasteiger partial charge in [0.25, 0.3) is 0 Å². The number of aliphatic hydroxyl groups is 1. The Hall–Kier alpha value is -1.30. The molecule has 1 saturated heterocycles. The zero-order valence-electron chi connectivity index (χ0n) is 10.8. The number of ether oxygens (including phenoxy) is 1. The van der Waals surface area contributed by atoms with Gasteiger partial charge in [0.2, 0.25) is 0 Å². The fraction of sp³-hybridized carbons (Fsp3) is 0.500. The van der Waals surface area contributed by atoms with Crippen LogP contribution in [-0.4, -0.2) is 52.4 Å². The minimum absolute atomic E-state index is 0.0874. The highest BCUT2D eigenvalue weighted by molar-refractivity contribution is 6.30. The van der Waals surface area contributed by atoms with Crippen LogP contribution in [0, 0.1) is 0 Å². The van der Waals surface area contributed by atoms with Crippen LogP contribution >= 0.6 is 11.6 Å². The first kappa shape index (κ1) is 13.7. The summed E-state index contributed by atoms with van der Waals surface area (Å²) in [6, 6.07) is 4.87. The van der Waals surface area contributed by atoms with Gasteiger partial charge in [0, 0.05) is 31.0 Å². The van der Waals surface area contributed by atoms with Crippen LogP contribution in [-0.2, 0) is 11.2 Å². The van der Waals surface area contributed by atoms with E-state index in [1.54, 1.807) is 11.0 Å². The van der Waals surface area contributed by atoms with Gasteiger partial charge in [-0.3, -0.25) is 9.69 Å². The number of carboxylic acids is 1. The smallest absolute Gasteiger partial charge is 0.321 e. The molecule has 5 nitrogen and oxygen atoms in total. The average molecular weight is 298 g/mol. The fourth-order valence-electron chi connectivity index (χ4n) is 2.99. The SMILES string of the molecule is O=C(O)C1CC(O)CN1CC1Cc2cc(Cl)ccc2O1. The van der Waals surface area contributed by atoms with Gasteiger partial charge in [-0.2, -0.15) is 0 Å². The number of rotatable bonds is 3. The molecule has 2 aliphatic heterocycles. The van der Waals surface area contributed by atoms with E-state index < -0.39 is 18.1 Å². The van der Waals surface area contributed by atoms with Gasteiger partial charge in [0.05, 0.1) is 6.10 Å². The molecule has 6 heteroatoms. The summed E-state index contributed by atoms with van der Waals surface area (Å²) in [6.45, 7) is 0.883. The zero-order chi connectivity index (χ0) is 14.3. The van der Waals surface area contributed by atoms with E-state index >= 15 is 0 Å². The number of nitrogens with zero attached hydrogens (tertiary/aromatic N) is 1. The van der Waals surface area contributed by atoms with Gasteiger partial charge >= 0.3 is 5.97 Å². The maximum atomic E-state index is 11.2. The van der Waals surface area contributed by atoms with Crippen LogP contribution < -0.4 is 4.74 Å². The summed E-state index contributed by atoms with van der Waals surface area (Å²) in [7, 11) is 0. The monoisotopic (exact) mass is 297 g/mol. The van der Waals surface area contributed by atoms with Crippen molar-refractivity contribution >= 4 is 17.6 Å². The predicted molar refractivity (Wildman–Crippen MR) is 73.2 cm³/mol. The molecular weight excluding hydrogens is 282 g/mol. The van der Waals surface area contributed by atoms with E-state index in [1.165, 1.54) is 0 Å². The number of fused-ring (bicyclic) bond motifs is 1. The van der Waals surface area contributed by atoms with Crippen molar-refractivity contribution in [2.75, 3.05) is 13.1 Å². The lowest BCUT2D eigenvalue weighted by molar-refractivity contribution is -0.142. The van der Waals surface area contributed by atoms with Crippen LogP contribution in [0.4, 0.5) is 0 Å². The van der Waals surface area contributed by atoms with Gasteiger partial charge in [-0.05, 0) is 23.8 Å². The molecule has 0 amide bonds. The van der Waals surface area contributed by atoms with Gasteiger partial charge in [-0.25, -0.2) is 0 Å².